The average Bonchev–Trinajstić information content (AvgIpc) is 2.68. The number of carbonyl (C=O) groups excluding carboxylic acids is 1. The molecule has 0 bridgehead atoms. The van der Waals surface area contributed by atoms with Gasteiger partial charge >= 0.3 is 0 Å². The van der Waals surface area contributed by atoms with E-state index in [-0.39, 0.29) is 18.3 Å². The van der Waals surface area contributed by atoms with Gasteiger partial charge in [0, 0.05) is 17.9 Å². The average molecular weight is 350 g/mol. The van der Waals surface area contributed by atoms with E-state index in [2.05, 4.69) is 10.6 Å². The van der Waals surface area contributed by atoms with E-state index in [0.717, 1.165) is 11.3 Å². The van der Waals surface area contributed by atoms with Crippen molar-refractivity contribution in [1.82, 2.24) is 0 Å². The molecule has 132 valence electrons. The highest BCUT2D eigenvalue weighted by molar-refractivity contribution is 5.92. The standard InChI is InChI=1S/C21H19FN2O2/c22-17-8-6-16(7-9-17)14-23-18-10-12-19(13-11-18)24-21(25)15-26-20-4-2-1-3-5-20/h1-13,23H,14-15H2,(H,24,25). The highest BCUT2D eigenvalue weighted by atomic mass is 19.1. The van der Waals surface area contributed by atoms with Gasteiger partial charge < -0.3 is 15.4 Å². The van der Waals surface area contributed by atoms with Gasteiger partial charge in [0.1, 0.15) is 11.6 Å². The molecule has 0 saturated carbocycles. The van der Waals surface area contributed by atoms with E-state index in [1.165, 1.54) is 12.1 Å². The van der Waals surface area contributed by atoms with Crippen LogP contribution in [0.2, 0.25) is 0 Å². The van der Waals surface area contributed by atoms with Crippen LogP contribution in [0.5, 0.6) is 5.75 Å². The van der Waals surface area contributed by atoms with Gasteiger partial charge in [-0.15, -0.1) is 0 Å². The van der Waals surface area contributed by atoms with Crippen LogP contribution in [0.4, 0.5) is 15.8 Å². The Kier molecular flexibility index (Phi) is 5.83. The van der Waals surface area contributed by atoms with Crippen molar-refractivity contribution in [1.29, 1.82) is 0 Å². The van der Waals surface area contributed by atoms with Crippen LogP contribution in [0.3, 0.4) is 0 Å². The van der Waals surface area contributed by atoms with Crippen LogP contribution in [0, 0.1) is 5.82 Å². The van der Waals surface area contributed by atoms with Crippen LogP contribution < -0.4 is 15.4 Å². The van der Waals surface area contributed by atoms with Crippen molar-refractivity contribution in [3.05, 3.63) is 90.2 Å². The molecule has 3 aromatic carbocycles. The van der Waals surface area contributed by atoms with E-state index in [4.69, 9.17) is 4.74 Å². The molecule has 0 aliphatic rings. The molecule has 0 heterocycles. The summed E-state index contributed by atoms with van der Waals surface area (Å²) in [6.45, 7) is 0.547. The second-order valence-electron chi connectivity index (χ2n) is 5.71. The van der Waals surface area contributed by atoms with Gasteiger partial charge in [-0.2, -0.15) is 0 Å². The van der Waals surface area contributed by atoms with Crippen molar-refractivity contribution < 1.29 is 13.9 Å². The number of rotatable bonds is 7. The Morgan fingerprint density at radius 2 is 1.50 bits per heavy atom. The number of hydrogen-bond donors (Lipinski definition) is 2. The molecule has 0 fully saturated rings. The molecule has 0 atom stereocenters. The Labute approximate surface area is 151 Å². The van der Waals surface area contributed by atoms with Crippen molar-refractivity contribution >= 4 is 17.3 Å². The highest BCUT2D eigenvalue weighted by Crippen LogP contribution is 2.15. The number of benzene rings is 3. The SMILES string of the molecule is O=C(COc1ccccc1)Nc1ccc(NCc2ccc(F)cc2)cc1. The molecule has 5 heteroatoms. The van der Waals surface area contributed by atoms with Crippen molar-refractivity contribution in [2.24, 2.45) is 0 Å². The number of amides is 1. The maximum Gasteiger partial charge on any atom is 0.262 e. The lowest BCUT2D eigenvalue weighted by Gasteiger charge is -2.09. The number of ether oxygens (including phenoxy) is 1. The molecular formula is C21H19FN2O2. The lowest BCUT2D eigenvalue weighted by Crippen LogP contribution is -2.20. The molecule has 3 rings (SSSR count). The minimum Gasteiger partial charge on any atom is -0.484 e. The fraction of sp³-hybridized carbons (Fsp3) is 0.0952. The summed E-state index contributed by atoms with van der Waals surface area (Å²) in [6.07, 6.45) is 0. The zero-order chi connectivity index (χ0) is 18.2. The van der Waals surface area contributed by atoms with Gasteiger partial charge in [0.05, 0.1) is 0 Å². The Bertz CT molecular complexity index is 834. The highest BCUT2D eigenvalue weighted by Gasteiger charge is 2.04. The number of hydrogen-bond acceptors (Lipinski definition) is 3. The number of anilines is 2. The molecule has 26 heavy (non-hydrogen) atoms. The first kappa shape index (κ1) is 17.5. The van der Waals surface area contributed by atoms with Crippen LogP contribution in [0.15, 0.2) is 78.9 Å². The maximum atomic E-state index is 12.9. The lowest BCUT2D eigenvalue weighted by molar-refractivity contribution is -0.118. The van der Waals surface area contributed by atoms with E-state index >= 15 is 0 Å². The quantitative estimate of drug-likeness (QED) is 0.662. The summed E-state index contributed by atoms with van der Waals surface area (Å²) in [7, 11) is 0. The van der Waals surface area contributed by atoms with Crippen molar-refractivity contribution in [2.45, 2.75) is 6.54 Å². The van der Waals surface area contributed by atoms with Crippen LogP contribution >= 0.6 is 0 Å². The van der Waals surface area contributed by atoms with E-state index in [1.54, 1.807) is 24.3 Å². The molecule has 0 unspecified atom stereocenters. The summed E-state index contributed by atoms with van der Waals surface area (Å²) in [5, 5.41) is 6.03. The van der Waals surface area contributed by atoms with Gasteiger partial charge in [-0.25, -0.2) is 4.39 Å². The van der Waals surface area contributed by atoms with E-state index in [9.17, 15) is 9.18 Å². The molecule has 0 aromatic heterocycles. The molecular weight excluding hydrogens is 331 g/mol. The summed E-state index contributed by atoms with van der Waals surface area (Å²) in [5.41, 5.74) is 2.59. The predicted molar refractivity (Wildman–Crippen MR) is 101 cm³/mol. The number of nitrogens with one attached hydrogen (secondary N) is 2. The molecule has 0 saturated heterocycles. The van der Waals surface area contributed by atoms with E-state index in [0.29, 0.717) is 18.0 Å². The van der Waals surface area contributed by atoms with Crippen molar-refractivity contribution in [2.75, 3.05) is 17.2 Å². The van der Waals surface area contributed by atoms with Crippen LogP contribution in [0.1, 0.15) is 5.56 Å². The molecule has 0 radical (unpaired) electrons. The van der Waals surface area contributed by atoms with E-state index < -0.39 is 0 Å². The lowest BCUT2D eigenvalue weighted by atomic mass is 10.2. The summed E-state index contributed by atoms with van der Waals surface area (Å²) >= 11 is 0. The zero-order valence-electron chi connectivity index (χ0n) is 14.1. The van der Waals surface area contributed by atoms with Crippen LogP contribution in [-0.4, -0.2) is 12.5 Å². The third-order valence-electron chi connectivity index (χ3n) is 3.69. The van der Waals surface area contributed by atoms with Gasteiger partial charge in [0.25, 0.3) is 5.91 Å². The molecule has 0 aliphatic carbocycles. The molecule has 3 aromatic rings. The summed E-state index contributed by atoms with van der Waals surface area (Å²) < 4.78 is 18.3. The fourth-order valence-corrected chi connectivity index (χ4v) is 2.34. The maximum absolute atomic E-state index is 12.9. The number of halogens is 1. The largest absolute Gasteiger partial charge is 0.484 e. The smallest absolute Gasteiger partial charge is 0.262 e. The number of para-hydroxylation sites is 1. The fourth-order valence-electron chi connectivity index (χ4n) is 2.34. The number of carbonyl (C=O) groups is 1. The molecule has 1 amide bonds. The summed E-state index contributed by atoms with van der Waals surface area (Å²) in [6, 6.07) is 22.9. The summed E-state index contributed by atoms with van der Waals surface area (Å²) in [5.74, 6) is 0.189. The topological polar surface area (TPSA) is 50.4 Å². The van der Waals surface area contributed by atoms with E-state index in [1.807, 2.05) is 42.5 Å². The van der Waals surface area contributed by atoms with Gasteiger partial charge in [0.15, 0.2) is 6.61 Å². The van der Waals surface area contributed by atoms with Crippen LogP contribution in [-0.2, 0) is 11.3 Å². The molecule has 0 spiro atoms. The van der Waals surface area contributed by atoms with Gasteiger partial charge in [0.2, 0.25) is 0 Å². The Morgan fingerprint density at radius 3 is 2.19 bits per heavy atom. The Balaban J connectivity index is 1.46. The van der Waals surface area contributed by atoms with Crippen molar-refractivity contribution in [3.8, 4) is 5.75 Å². The molecule has 2 N–H and O–H groups in total. The van der Waals surface area contributed by atoms with Gasteiger partial charge in [-0.1, -0.05) is 30.3 Å². The van der Waals surface area contributed by atoms with Crippen LogP contribution in [0.25, 0.3) is 0 Å². The third-order valence-corrected chi connectivity index (χ3v) is 3.69. The monoisotopic (exact) mass is 350 g/mol. The minimum absolute atomic E-state index is 0.0470. The Morgan fingerprint density at radius 1 is 0.846 bits per heavy atom. The predicted octanol–water partition coefficient (Wildman–Crippen LogP) is 4.46. The minimum atomic E-state index is -0.245. The third kappa shape index (κ3) is 5.34. The second-order valence-corrected chi connectivity index (χ2v) is 5.71. The van der Waals surface area contributed by atoms with Gasteiger partial charge in [-0.3, -0.25) is 4.79 Å². The van der Waals surface area contributed by atoms with Gasteiger partial charge in [-0.05, 0) is 54.1 Å². The Hall–Kier alpha value is -3.34. The molecule has 0 aliphatic heterocycles. The van der Waals surface area contributed by atoms with Crippen molar-refractivity contribution in [3.63, 3.8) is 0 Å². The first-order valence-electron chi connectivity index (χ1n) is 8.25. The second kappa shape index (κ2) is 8.67. The normalized spacial score (nSPS) is 10.2. The summed E-state index contributed by atoms with van der Waals surface area (Å²) in [4.78, 5) is 11.9. The zero-order valence-corrected chi connectivity index (χ0v) is 14.1. The first-order valence-corrected chi connectivity index (χ1v) is 8.25. The molecule has 4 nitrogen and oxygen atoms in total. The first-order chi connectivity index (χ1) is 12.7.